The van der Waals surface area contributed by atoms with Gasteiger partial charge >= 0.3 is 0 Å². The van der Waals surface area contributed by atoms with Gasteiger partial charge in [0, 0.05) is 20.8 Å². The number of thioether (sulfide) groups is 1. The summed E-state index contributed by atoms with van der Waals surface area (Å²) in [5.74, 6) is 1.41. The Morgan fingerprint density at radius 1 is 0.792 bits per heavy atom. The van der Waals surface area contributed by atoms with E-state index in [1.165, 1.54) is 69.1 Å². The summed E-state index contributed by atoms with van der Waals surface area (Å²) in [7, 11) is 0. The van der Waals surface area contributed by atoms with E-state index in [1.807, 2.05) is 11.8 Å². The van der Waals surface area contributed by atoms with Crippen LogP contribution in [0.25, 0.3) is 0 Å². The Hall–Kier alpha value is -0.630. The van der Waals surface area contributed by atoms with Crippen molar-refractivity contribution < 1.29 is 5.11 Å². The van der Waals surface area contributed by atoms with Gasteiger partial charge in [0.25, 0.3) is 0 Å². The first kappa shape index (κ1) is 18.2. The minimum Gasteiger partial charge on any atom is -0.289 e. The molecule has 1 radical (unpaired) electrons. The maximum absolute atomic E-state index is 13.3. The first-order chi connectivity index (χ1) is 11.4. The zero-order chi connectivity index (χ0) is 17.2. The van der Waals surface area contributed by atoms with E-state index in [4.69, 9.17) is 0 Å². The maximum atomic E-state index is 13.3. The highest BCUT2D eigenvalue weighted by molar-refractivity contribution is 8.00. The third-order valence-electron chi connectivity index (χ3n) is 5.63. The van der Waals surface area contributed by atoms with Crippen LogP contribution in [0.3, 0.4) is 0 Å². The van der Waals surface area contributed by atoms with Crippen molar-refractivity contribution in [1.29, 1.82) is 0 Å². The second-order valence-corrected chi connectivity index (χ2v) is 10.7. The molecular formula is C22H33OS. The number of rotatable bonds is 3. The highest BCUT2D eigenvalue weighted by Crippen LogP contribution is 2.47. The van der Waals surface area contributed by atoms with Crippen molar-refractivity contribution in [3.63, 3.8) is 0 Å². The van der Waals surface area contributed by atoms with Crippen LogP contribution in [0.4, 0.5) is 0 Å². The molecule has 0 spiro atoms. The van der Waals surface area contributed by atoms with E-state index in [2.05, 4.69) is 32.9 Å². The van der Waals surface area contributed by atoms with Gasteiger partial charge in [-0.05, 0) is 49.7 Å². The van der Waals surface area contributed by atoms with Crippen LogP contribution in [0, 0.1) is 0 Å². The predicted molar refractivity (Wildman–Crippen MR) is 104 cm³/mol. The van der Waals surface area contributed by atoms with Crippen molar-refractivity contribution in [3.05, 3.63) is 23.3 Å². The highest BCUT2D eigenvalue weighted by Gasteiger charge is 2.27. The van der Waals surface area contributed by atoms with Gasteiger partial charge in [-0.3, -0.25) is 5.11 Å². The van der Waals surface area contributed by atoms with Crippen LogP contribution in [-0.2, 0) is 5.11 Å². The summed E-state index contributed by atoms with van der Waals surface area (Å²) < 4.78 is 0.193. The molecule has 0 amide bonds. The quantitative estimate of drug-likeness (QED) is 0.511. The van der Waals surface area contributed by atoms with Crippen LogP contribution >= 0.6 is 11.8 Å². The Morgan fingerprint density at radius 3 is 1.58 bits per heavy atom. The van der Waals surface area contributed by atoms with Crippen LogP contribution in [0.2, 0.25) is 0 Å². The normalized spacial score (nSPS) is 21.1. The lowest BCUT2D eigenvalue weighted by Crippen LogP contribution is -2.11. The minimum atomic E-state index is 0.193. The van der Waals surface area contributed by atoms with Crippen LogP contribution < -0.4 is 0 Å². The highest BCUT2D eigenvalue weighted by atomic mass is 32.2. The number of benzene rings is 1. The van der Waals surface area contributed by atoms with Crippen molar-refractivity contribution >= 4 is 11.8 Å². The van der Waals surface area contributed by atoms with Gasteiger partial charge in [-0.25, -0.2) is 0 Å². The van der Waals surface area contributed by atoms with E-state index in [-0.39, 0.29) is 4.75 Å². The predicted octanol–water partition coefficient (Wildman–Crippen LogP) is 7.82. The molecule has 1 nitrogen and oxygen atoms in total. The van der Waals surface area contributed by atoms with E-state index in [1.54, 1.807) is 0 Å². The first-order valence-corrected chi connectivity index (χ1v) is 10.8. The van der Waals surface area contributed by atoms with E-state index in [0.29, 0.717) is 17.6 Å². The van der Waals surface area contributed by atoms with Crippen LogP contribution in [-0.4, -0.2) is 4.75 Å². The third-order valence-corrected chi connectivity index (χ3v) is 6.72. The van der Waals surface area contributed by atoms with Gasteiger partial charge in [0.05, 0.1) is 0 Å². The molecule has 2 aliphatic rings. The molecule has 0 heterocycles. The summed E-state index contributed by atoms with van der Waals surface area (Å²) >= 11 is 1.93. The number of hydrogen-bond acceptors (Lipinski definition) is 1. The molecule has 0 aliphatic heterocycles. The molecule has 2 saturated carbocycles. The summed E-state index contributed by atoms with van der Waals surface area (Å²) in [6, 6.07) is 4.50. The lowest BCUT2D eigenvalue weighted by molar-refractivity contribution is 0.323. The van der Waals surface area contributed by atoms with E-state index >= 15 is 0 Å². The van der Waals surface area contributed by atoms with Crippen LogP contribution in [0.15, 0.2) is 17.0 Å². The third kappa shape index (κ3) is 4.50. The lowest BCUT2D eigenvalue weighted by Gasteiger charge is -2.28. The van der Waals surface area contributed by atoms with Gasteiger partial charge in [-0.1, -0.05) is 59.3 Å². The fraction of sp³-hybridized carbons (Fsp3) is 0.727. The van der Waals surface area contributed by atoms with Gasteiger partial charge < -0.3 is 0 Å². The molecule has 0 bridgehead atoms. The Kier molecular flexibility index (Phi) is 5.85. The zero-order valence-electron chi connectivity index (χ0n) is 15.7. The van der Waals surface area contributed by atoms with Crippen LogP contribution in [0.5, 0.6) is 5.75 Å². The summed E-state index contributed by atoms with van der Waals surface area (Å²) in [5, 5.41) is 13.3. The largest absolute Gasteiger partial charge is 0.289 e. The van der Waals surface area contributed by atoms with Gasteiger partial charge in [-0.2, -0.15) is 0 Å². The summed E-state index contributed by atoms with van der Waals surface area (Å²) in [5.41, 5.74) is 2.29. The second kappa shape index (κ2) is 7.72. The topological polar surface area (TPSA) is 19.9 Å². The van der Waals surface area contributed by atoms with Gasteiger partial charge in [0.2, 0.25) is 0 Å². The summed E-state index contributed by atoms with van der Waals surface area (Å²) in [6.07, 6.45) is 12.7. The molecule has 0 N–H and O–H groups in total. The lowest BCUT2D eigenvalue weighted by atomic mass is 9.79. The molecule has 133 valence electrons. The standard InChI is InChI=1S/C22H33OS/c1-22(2,3)24-18-14-19(16-10-6-4-7-11-16)21(23)20(15-18)17-12-8-5-9-13-17/h14-17H,4-13H2,1-3H3. The van der Waals surface area contributed by atoms with Gasteiger partial charge in [0.1, 0.15) is 0 Å². The smallest absolute Gasteiger partial charge is 0.185 e. The fourth-order valence-corrected chi connectivity index (χ4v) is 5.57. The minimum absolute atomic E-state index is 0.193. The molecule has 3 rings (SSSR count). The average molecular weight is 346 g/mol. The Morgan fingerprint density at radius 2 is 1.21 bits per heavy atom. The number of hydrogen-bond donors (Lipinski definition) is 0. The van der Waals surface area contributed by atoms with Gasteiger partial charge in [-0.15, -0.1) is 11.8 Å². The molecule has 2 fully saturated rings. The Labute approximate surface area is 152 Å². The molecule has 24 heavy (non-hydrogen) atoms. The average Bonchev–Trinajstić information content (AvgIpc) is 2.56. The zero-order valence-corrected chi connectivity index (χ0v) is 16.5. The molecule has 0 atom stereocenters. The monoisotopic (exact) mass is 345 g/mol. The SMILES string of the molecule is CC(C)(C)Sc1cc(C2CCCCC2)c([O])c(C2CCCCC2)c1. The van der Waals surface area contributed by atoms with Crippen LogP contribution in [0.1, 0.15) is 108 Å². The van der Waals surface area contributed by atoms with Crippen molar-refractivity contribution in [3.8, 4) is 5.75 Å². The van der Waals surface area contributed by atoms with Gasteiger partial charge in [0.15, 0.2) is 5.75 Å². The second-order valence-electron chi connectivity index (χ2n) is 8.82. The maximum Gasteiger partial charge on any atom is 0.185 e. The van der Waals surface area contributed by atoms with Crippen molar-refractivity contribution in [1.82, 2.24) is 0 Å². The Balaban J connectivity index is 1.97. The molecule has 0 saturated heterocycles. The fourth-order valence-electron chi connectivity index (χ4n) is 4.49. The summed E-state index contributed by atoms with van der Waals surface area (Å²) in [4.78, 5) is 1.32. The first-order valence-electron chi connectivity index (χ1n) is 9.98. The van der Waals surface area contributed by atoms with Crippen molar-refractivity contribution in [2.75, 3.05) is 0 Å². The van der Waals surface area contributed by atoms with E-state index in [0.717, 1.165) is 11.1 Å². The van der Waals surface area contributed by atoms with E-state index in [9.17, 15) is 5.11 Å². The molecule has 2 heteroatoms. The molecule has 0 unspecified atom stereocenters. The van der Waals surface area contributed by atoms with Crippen molar-refractivity contribution in [2.45, 2.75) is 106 Å². The Bertz CT molecular complexity index is 507. The molecule has 1 aromatic rings. The summed E-state index contributed by atoms with van der Waals surface area (Å²) in [6.45, 7) is 6.80. The van der Waals surface area contributed by atoms with Crippen molar-refractivity contribution in [2.24, 2.45) is 0 Å². The molecular weight excluding hydrogens is 312 g/mol. The molecule has 0 aromatic heterocycles. The molecule has 1 aromatic carbocycles. The van der Waals surface area contributed by atoms with E-state index < -0.39 is 0 Å². The molecule has 2 aliphatic carbocycles.